The molecule has 0 aromatic heterocycles. The Kier molecular flexibility index (Phi) is 66.8. The van der Waals surface area contributed by atoms with Gasteiger partial charge in [-0.05, 0) is 49.4 Å². The number of unbranched alkanes of at least 4 members (excludes halogenated alkanes) is 40. The molecule has 0 aliphatic carbocycles. The summed E-state index contributed by atoms with van der Waals surface area (Å²) in [7, 11) is -9.92. The third kappa shape index (κ3) is 69.8. The quantitative estimate of drug-likeness (QED) is 0.0222. The third-order valence-electron chi connectivity index (χ3n) is 19.0. The Morgan fingerprint density at radius 2 is 0.490 bits per heavy atom. The van der Waals surface area contributed by atoms with Crippen LogP contribution < -0.4 is 0 Å². The molecule has 0 aliphatic heterocycles. The van der Waals surface area contributed by atoms with Crippen LogP contribution in [-0.4, -0.2) is 96.7 Å². The highest BCUT2D eigenvalue weighted by Gasteiger charge is 2.30. The number of hydrogen-bond donors (Lipinski definition) is 3. The van der Waals surface area contributed by atoms with Gasteiger partial charge in [-0.25, -0.2) is 9.13 Å². The predicted octanol–water partition coefficient (Wildman–Crippen LogP) is 23.2. The smallest absolute Gasteiger partial charge is 0.462 e. The molecule has 7 atom stereocenters. The van der Waals surface area contributed by atoms with Crippen LogP contribution in [0, 0.1) is 23.7 Å². The van der Waals surface area contributed by atoms with Gasteiger partial charge in [0, 0.05) is 25.7 Å². The van der Waals surface area contributed by atoms with Crippen LogP contribution in [0.4, 0.5) is 0 Å². The van der Waals surface area contributed by atoms with Crippen molar-refractivity contribution >= 4 is 39.5 Å². The molecule has 0 spiro atoms. The van der Waals surface area contributed by atoms with Crippen molar-refractivity contribution in [2.75, 3.05) is 39.6 Å². The van der Waals surface area contributed by atoms with Crippen LogP contribution >= 0.6 is 15.6 Å². The van der Waals surface area contributed by atoms with E-state index in [0.29, 0.717) is 31.6 Å². The fourth-order valence-corrected chi connectivity index (χ4v) is 13.6. The number of ether oxygens (including phenoxy) is 4. The number of phosphoric acid groups is 2. The van der Waals surface area contributed by atoms with Crippen molar-refractivity contribution in [2.45, 2.75) is 420 Å². The molecule has 5 unspecified atom stereocenters. The zero-order valence-corrected chi connectivity index (χ0v) is 66.2. The Morgan fingerprint density at radius 3 is 0.724 bits per heavy atom. The highest BCUT2D eigenvalue weighted by molar-refractivity contribution is 7.47. The largest absolute Gasteiger partial charge is 0.472 e. The van der Waals surface area contributed by atoms with Gasteiger partial charge >= 0.3 is 39.5 Å². The summed E-state index contributed by atoms with van der Waals surface area (Å²) in [4.78, 5) is 72.9. The van der Waals surface area contributed by atoms with Gasteiger partial charge in [-0.2, -0.15) is 0 Å². The van der Waals surface area contributed by atoms with E-state index in [9.17, 15) is 43.2 Å². The van der Waals surface area contributed by atoms with Crippen molar-refractivity contribution in [1.82, 2.24) is 0 Å². The van der Waals surface area contributed by atoms with Crippen LogP contribution in [0.15, 0.2) is 0 Å². The van der Waals surface area contributed by atoms with Crippen molar-refractivity contribution in [3.63, 3.8) is 0 Å². The van der Waals surface area contributed by atoms with E-state index in [1.807, 2.05) is 0 Å². The van der Waals surface area contributed by atoms with E-state index in [4.69, 9.17) is 37.0 Å². The van der Waals surface area contributed by atoms with E-state index in [0.717, 1.165) is 114 Å². The van der Waals surface area contributed by atoms with Crippen molar-refractivity contribution in [3.05, 3.63) is 0 Å². The molecule has 0 amide bonds. The molecule has 0 aliphatic rings. The average Bonchev–Trinajstić information content (AvgIpc) is 1.08. The highest BCUT2D eigenvalue weighted by atomic mass is 31.2. The minimum absolute atomic E-state index is 0.105. The van der Waals surface area contributed by atoms with E-state index in [2.05, 4.69) is 55.4 Å². The molecular weight excluding hydrogens is 1280 g/mol. The highest BCUT2D eigenvalue weighted by Crippen LogP contribution is 2.45. The molecule has 0 saturated heterocycles. The summed E-state index contributed by atoms with van der Waals surface area (Å²) >= 11 is 0. The lowest BCUT2D eigenvalue weighted by molar-refractivity contribution is -0.161. The molecule has 98 heavy (non-hydrogen) atoms. The topological polar surface area (TPSA) is 237 Å². The minimum atomic E-state index is -4.96. The van der Waals surface area contributed by atoms with Gasteiger partial charge in [0.05, 0.1) is 26.4 Å². The number of carbonyl (C=O) groups is 4. The first-order valence-electron chi connectivity index (χ1n) is 40.8. The standard InChI is InChI=1S/C79H154O17P2/c1-9-71(7)57-49-41-33-25-19-17-15-13-11-12-14-16-18-20-27-36-45-53-61-78(83)95-74(65-89-76(81)59-51-43-35-29-23-24-31-39-47-55-69(3)4)67-93-97(85,86)91-63-73(80)64-92-98(87,88)94-68-75(66-90-77(82)60-52-44-38-30-32-40-48-56-70(5)6)96-79(84)62-54-46-37-28-22-21-26-34-42-50-58-72(8)10-2/h69-75,80H,9-68H2,1-8H3,(H,85,86)(H,87,88)/t71?,72?,73?,74-,75-/m1/s1. The number of carbonyl (C=O) groups excluding carboxylic acids is 4. The minimum Gasteiger partial charge on any atom is -0.462 e. The van der Waals surface area contributed by atoms with Crippen LogP contribution in [0.3, 0.4) is 0 Å². The molecule has 0 radical (unpaired) electrons. The summed E-state index contributed by atoms with van der Waals surface area (Å²) in [5.74, 6) is 1.00. The molecule has 0 rings (SSSR count). The maximum Gasteiger partial charge on any atom is 0.472 e. The maximum absolute atomic E-state index is 13.1. The van der Waals surface area contributed by atoms with Gasteiger partial charge in [-0.1, -0.05) is 351 Å². The van der Waals surface area contributed by atoms with Gasteiger partial charge in [0.25, 0.3) is 0 Å². The molecule has 19 heteroatoms. The second kappa shape index (κ2) is 68.2. The van der Waals surface area contributed by atoms with Crippen LogP contribution in [0.1, 0.15) is 402 Å². The summed E-state index contributed by atoms with van der Waals surface area (Å²) in [5.41, 5.74) is 0. The zero-order chi connectivity index (χ0) is 72.4. The molecule has 582 valence electrons. The van der Waals surface area contributed by atoms with Crippen molar-refractivity contribution in [3.8, 4) is 0 Å². The lowest BCUT2D eigenvalue weighted by Crippen LogP contribution is -2.30. The van der Waals surface area contributed by atoms with Crippen molar-refractivity contribution in [2.24, 2.45) is 23.7 Å². The molecule has 0 fully saturated rings. The Labute approximate surface area is 600 Å². The van der Waals surface area contributed by atoms with Gasteiger partial charge in [-0.15, -0.1) is 0 Å². The number of phosphoric ester groups is 2. The van der Waals surface area contributed by atoms with E-state index in [1.54, 1.807) is 0 Å². The Hall–Kier alpha value is -1.94. The summed E-state index contributed by atoms with van der Waals surface area (Å²) in [5, 5.41) is 10.6. The first-order valence-corrected chi connectivity index (χ1v) is 43.8. The number of rotatable bonds is 76. The van der Waals surface area contributed by atoms with Gasteiger partial charge < -0.3 is 33.8 Å². The second-order valence-electron chi connectivity index (χ2n) is 29.9. The summed E-state index contributed by atoms with van der Waals surface area (Å²) in [6.07, 6.45) is 54.2. The Bertz CT molecular complexity index is 1920. The first kappa shape index (κ1) is 96.1. The molecule has 0 aromatic carbocycles. The lowest BCUT2D eigenvalue weighted by Gasteiger charge is -2.21. The van der Waals surface area contributed by atoms with Gasteiger partial charge in [0.15, 0.2) is 12.2 Å². The number of hydrogen-bond acceptors (Lipinski definition) is 15. The average molecular weight is 1440 g/mol. The lowest BCUT2D eigenvalue weighted by atomic mass is 9.99. The van der Waals surface area contributed by atoms with E-state index in [-0.39, 0.29) is 25.7 Å². The van der Waals surface area contributed by atoms with Crippen molar-refractivity contribution in [1.29, 1.82) is 0 Å². The maximum atomic E-state index is 13.1. The van der Waals surface area contributed by atoms with Gasteiger partial charge in [0.2, 0.25) is 0 Å². The molecular formula is C79H154O17P2. The molecule has 0 aromatic rings. The van der Waals surface area contributed by atoms with E-state index in [1.165, 1.54) is 199 Å². The number of aliphatic hydroxyl groups is 1. The second-order valence-corrected chi connectivity index (χ2v) is 32.8. The number of aliphatic hydroxyl groups excluding tert-OH is 1. The normalized spacial score (nSPS) is 14.6. The molecule has 3 N–H and O–H groups in total. The van der Waals surface area contributed by atoms with E-state index >= 15 is 0 Å². The van der Waals surface area contributed by atoms with E-state index < -0.39 is 97.5 Å². The summed E-state index contributed by atoms with van der Waals surface area (Å²) in [6.45, 7) is 14.2. The Morgan fingerprint density at radius 1 is 0.286 bits per heavy atom. The SMILES string of the molecule is CCC(C)CCCCCCCCCCCCCCCCCCCCC(=O)O[C@H](COC(=O)CCCCCCCCCCCC(C)C)COP(=O)(O)OCC(O)COP(=O)(O)OC[C@@H](COC(=O)CCCCCCCCCC(C)C)OC(=O)CCCCCCCCCCCCC(C)CC. The molecule has 17 nitrogen and oxygen atoms in total. The van der Waals surface area contributed by atoms with Crippen molar-refractivity contribution < 1.29 is 80.2 Å². The fraction of sp³-hybridized carbons (Fsp3) is 0.949. The first-order chi connectivity index (χ1) is 47.2. The fourth-order valence-electron chi connectivity index (χ4n) is 12.0. The van der Waals surface area contributed by atoms with Crippen LogP contribution in [0.5, 0.6) is 0 Å². The number of esters is 4. The monoisotopic (exact) mass is 1440 g/mol. The Balaban J connectivity index is 5.20. The zero-order valence-electron chi connectivity index (χ0n) is 64.4. The van der Waals surface area contributed by atoms with Crippen LogP contribution in [0.2, 0.25) is 0 Å². The molecule has 0 saturated carbocycles. The van der Waals surface area contributed by atoms with Crippen LogP contribution in [0.25, 0.3) is 0 Å². The predicted molar refractivity (Wildman–Crippen MR) is 400 cm³/mol. The summed E-state index contributed by atoms with van der Waals surface area (Å²) < 4.78 is 68.6. The van der Waals surface area contributed by atoms with Gasteiger partial charge in [0.1, 0.15) is 19.3 Å². The molecule has 0 bridgehead atoms. The summed E-state index contributed by atoms with van der Waals surface area (Å²) in [6, 6.07) is 0. The van der Waals surface area contributed by atoms with Crippen LogP contribution in [-0.2, 0) is 65.4 Å². The third-order valence-corrected chi connectivity index (χ3v) is 20.9. The van der Waals surface area contributed by atoms with Gasteiger partial charge in [-0.3, -0.25) is 37.3 Å². The molecule has 0 heterocycles.